The van der Waals surface area contributed by atoms with E-state index in [9.17, 15) is 19.6 Å². The first kappa shape index (κ1) is 24.2. The van der Waals surface area contributed by atoms with Crippen molar-refractivity contribution in [3.05, 3.63) is 71.5 Å². The lowest BCUT2D eigenvalue weighted by molar-refractivity contribution is -0.149. The van der Waals surface area contributed by atoms with Gasteiger partial charge in [-0.05, 0) is 67.8 Å². The number of likely N-dealkylation sites (tertiary alicyclic amines) is 1. The van der Waals surface area contributed by atoms with Crippen LogP contribution in [0.25, 0.3) is 0 Å². The third kappa shape index (κ3) is 4.14. The van der Waals surface area contributed by atoms with Gasteiger partial charge in [-0.1, -0.05) is 49.4 Å². The molecule has 170 valence electrons. The van der Waals surface area contributed by atoms with Gasteiger partial charge < -0.3 is 10.0 Å². The highest BCUT2D eigenvalue weighted by atomic mass is 35.5. The molecule has 0 spiro atoms. The highest BCUT2D eigenvalue weighted by Gasteiger charge is 2.50. The summed E-state index contributed by atoms with van der Waals surface area (Å²) in [5, 5.41) is 20.1. The Balaban J connectivity index is 0.00000289. The first-order chi connectivity index (χ1) is 14.9. The van der Waals surface area contributed by atoms with Crippen LogP contribution in [0.4, 0.5) is 4.39 Å². The minimum absolute atomic E-state index is 0. The third-order valence-corrected chi connectivity index (χ3v) is 7.75. The summed E-state index contributed by atoms with van der Waals surface area (Å²) in [5.74, 6) is -1.04. The fourth-order valence-corrected chi connectivity index (χ4v) is 5.80. The molecule has 0 bridgehead atoms. The molecule has 4 rings (SSSR count). The van der Waals surface area contributed by atoms with Gasteiger partial charge in [0.05, 0.1) is 16.9 Å². The number of carboxylic acid groups (broad SMARTS) is 1. The summed E-state index contributed by atoms with van der Waals surface area (Å²) in [6.07, 6.45) is 3.86. The Labute approximate surface area is 195 Å². The molecule has 4 nitrogen and oxygen atoms in total. The number of carbonyl (C=O) groups is 1. The van der Waals surface area contributed by atoms with Gasteiger partial charge in [0.25, 0.3) is 0 Å². The Morgan fingerprint density at radius 2 is 1.69 bits per heavy atom. The number of hydrogen-bond acceptors (Lipinski definition) is 3. The molecule has 1 aliphatic carbocycles. The van der Waals surface area contributed by atoms with E-state index in [0.29, 0.717) is 12.5 Å². The first-order valence-electron chi connectivity index (χ1n) is 11.1. The smallest absolute Gasteiger partial charge is 0.314 e. The molecule has 1 saturated heterocycles. The van der Waals surface area contributed by atoms with E-state index in [1.807, 2.05) is 37.3 Å². The molecule has 32 heavy (non-hydrogen) atoms. The Bertz CT molecular complexity index is 968. The summed E-state index contributed by atoms with van der Waals surface area (Å²) in [4.78, 5) is 14.8. The van der Waals surface area contributed by atoms with E-state index in [1.165, 1.54) is 12.1 Å². The predicted octanol–water partition coefficient (Wildman–Crippen LogP) is 5.32. The zero-order chi connectivity index (χ0) is 22.1. The van der Waals surface area contributed by atoms with Crippen LogP contribution in [0.2, 0.25) is 0 Å². The van der Waals surface area contributed by atoms with E-state index in [0.717, 1.165) is 49.9 Å². The van der Waals surface area contributed by atoms with Crippen molar-refractivity contribution in [3.8, 4) is 6.07 Å². The molecule has 2 fully saturated rings. The molecule has 2 aliphatic rings. The SMILES string of the molecule is C[C@H]1CN([C@H]2CC[C@](C#N)(c3ccc(F)cc3)CC2)CC[C@@]1(C(=O)O)c1ccccc1.Cl. The van der Waals surface area contributed by atoms with Crippen LogP contribution in [0.5, 0.6) is 0 Å². The number of halogens is 2. The van der Waals surface area contributed by atoms with Crippen LogP contribution in [0, 0.1) is 23.1 Å². The highest BCUT2D eigenvalue weighted by molar-refractivity contribution is 5.85. The largest absolute Gasteiger partial charge is 0.481 e. The number of nitriles is 1. The van der Waals surface area contributed by atoms with Crippen molar-refractivity contribution < 1.29 is 14.3 Å². The topological polar surface area (TPSA) is 64.3 Å². The van der Waals surface area contributed by atoms with Gasteiger partial charge in [0, 0.05) is 12.6 Å². The summed E-state index contributed by atoms with van der Waals surface area (Å²) < 4.78 is 13.3. The van der Waals surface area contributed by atoms with E-state index >= 15 is 0 Å². The molecule has 2 atom stereocenters. The molecule has 2 aromatic rings. The van der Waals surface area contributed by atoms with Gasteiger partial charge in [0.2, 0.25) is 0 Å². The molecular weight excluding hydrogens is 427 g/mol. The lowest BCUT2D eigenvalue weighted by Gasteiger charge is -2.48. The maximum atomic E-state index is 13.3. The molecule has 0 amide bonds. The van der Waals surface area contributed by atoms with Crippen molar-refractivity contribution in [2.24, 2.45) is 5.92 Å². The number of nitrogens with zero attached hydrogens (tertiary/aromatic N) is 2. The van der Waals surface area contributed by atoms with Gasteiger partial charge >= 0.3 is 5.97 Å². The normalized spacial score (nSPS) is 30.7. The number of rotatable bonds is 4. The van der Waals surface area contributed by atoms with Crippen LogP contribution in [-0.2, 0) is 15.6 Å². The number of piperidine rings is 1. The third-order valence-electron chi connectivity index (χ3n) is 7.75. The van der Waals surface area contributed by atoms with Crippen molar-refractivity contribution in [2.45, 2.75) is 55.9 Å². The van der Waals surface area contributed by atoms with E-state index in [2.05, 4.69) is 11.0 Å². The molecule has 1 saturated carbocycles. The molecule has 6 heteroatoms. The number of carboxylic acids is 1. The summed E-state index contributed by atoms with van der Waals surface area (Å²) >= 11 is 0. The van der Waals surface area contributed by atoms with Crippen molar-refractivity contribution in [2.75, 3.05) is 13.1 Å². The van der Waals surface area contributed by atoms with E-state index in [1.54, 1.807) is 12.1 Å². The molecule has 0 unspecified atom stereocenters. The quantitative estimate of drug-likeness (QED) is 0.676. The number of benzene rings is 2. The second-order valence-corrected chi connectivity index (χ2v) is 9.22. The molecular formula is C26H30ClFN2O2. The number of hydrogen-bond donors (Lipinski definition) is 1. The van der Waals surface area contributed by atoms with Gasteiger partial charge in [-0.3, -0.25) is 4.79 Å². The van der Waals surface area contributed by atoms with Crippen molar-refractivity contribution >= 4 is 18.4 Å². The molecule has 1 heterocycles. The molecule has 1 N–H and O–H groups in total. The average molecular weight is 457 g/mol. The summed E-state index contributed by atoms with van der Waals surface area (Å²) in [6.45, 7) is 3.53. The van der Waals surface area contributed by atoms with Gasteiger partial charge in [-0.2, -0.15) is 5.26 Å². The van der Waals surface area contributed by atoms with Crippen LogP contribution < -0.4 is 0 Å². The zero-order valence-corrected chi connectivity index (χ0v) is 19.2. The van der Waals surface area contributed by atoms with Crippen LogP contribution in [0.1, 0.15) is 50.2 Å². The zero-order valence-electron chi connectivity index (χ0n) is 18.3. The monoisotopic (exact) mass is 456 g/mol. The van der Waals surface area contributed by atoms with E-state index in [4.69, 9.17) is 0 Å². The maximum Gasteiger partial charge on any atom is 0.314 e. The Morgan fingerprint density at radius 1 is 1.06 bits per heavy atom. The summed E-state index contributed by atoms with van der Waals surface area (Å²) in [7, 11) is 0. The molecule has 2 aromatic carbocycles. The van der Waals surface area contributed by atoms with E-state index in [-0.39, 0.29) is 24.1 Å². The van der Waals surface area contributed by atoms with Gasteiger partial charge in [-0.15, -0.1) is 12.4 Å². The average Bonchev–Trinajstić information content (AvgIpc) is 2.80. The highest BCUT2D eigenvalue weighted by Crippen LogP contribution is 2.44. The van der Waals surface area contributed by atoms with Gasteiger partial charge in [0.15, 0.2) is 0 Å². The lowest BCUT2D eigenvalue weighted by atomic mass is 9.65. The first-order valence-corrected chi connectivity index (χ1v) is 11.1. The van der Waals surface area contributed by atoms with Crippen LogP contribution in [-0.4, -0.2) is 35.1 Å². The Kier molecular flexibility index (Phi) is 7.27. The van der Waals surface area contributed by atoms with Gasteiger partial charge in [-0.25, -0.2) is 4.39 Å². The van der Waals surface area contributed by atoms with Crippen LogP contribution in [0.15, 0.2) is 54.6 Å². The van der Waals surface area contributed by atoms with E-state index < -0.39 is 16.8 Å². The van der Waals surface area contributed by atoms with Crippen molar-refractivity contribution in [3.63, 3.8) is 0 Å². The molecule has 0 aromatic heterocycles. The standard InChI is InChI=1S/C26H29FN2O2.ClH/c1-19-17-29(16-15-26(19,24(30)31)21-5-3-2-4-6-21)23-11-13-25(18-28,14-12-23)20-7-9-22(27)10-8-20;/h2-10,19,23H,11-17H2,1H3,(H,30,31);1H/t19-,23-,25-,26-;/m0./s1. The fourth-order valence-electron chi connectivity index (χ4n) is 5.80. The second kappa shape index (κ2) is 9.60. The van der Waals surface area contributed by atoms with Crippen molar-refractivity contribution in [1.82, 2.24) is 4.90 Å². The minimum Gasteiger partial charge on any atom is -0.481 e. The number of aliphatic carboxylic acids is 1. The lowest BCUT2D eigenvalue weighted by Crippen LogP contribution is -2.56. The predicted molar refractivity (Wildman–Crippen MR) is 124 cm³/mol. The van der Waals surface area contributed by atoms with Crippen LogP contribution in [0.3, 0.4) is 0 Å². The van der Waals surface area contributed by atoms with Gasteiger partial charge in [0.1, 0.15) is 5.82 Å². The Morgan fingerprint density at radius 3 is 2.22 bits per heavy atom. The summed E-state index contributed by atoms with van der Waals surface area (Å²) in [5.41, 5.74) is 0.381. The minimum atomic E-state index is -0.850. The fraction of sp³-hybridized carbons (Fsp3) is 0.462. The Hall–Kier alpha value is -2.42. The summed E-state index contributed by atoms with van der Waals surface area (Å²) in [6, 6.07) is 18.8. The molecule has 1 aliphatic heterocycles. The molecule has 0 radical (unpaired) electrons. The van der Waals surface area contributed by atoms with Crippen molar-refractivity contribution in [1.29, 1.82) is 5.26 Å². The maximum absolute atomic E-state index is 13.3. The second-order valence-electron chi connectivity index (χ2n) is 9.22. The van der Waals surface area contributed by atoms with Crippen LogP contribution >= 0.6 is 12.4 Å².